The summed E-state index contributed by atoms with van der Waals surface area (Å²) < 4.78 is 58.6. The van der Waals surface area contributed by atoms with E-state index >= 15 is 0 Å². The van der Waals surface area contributed by atoms with Crippen LogP contribution in [0.4, 0.5) is 25.8 Å². The first-order chi connectivity index (χ1) is 55.0. The van der Waals surface area contributed by atoms with Crippen molar-refractivity contribution in [1.82, 2.24) is 0 Å². The lowest BCUT2D eigenvalue weighted by atomic mass is 9.87. The molecule has 4 N–H and O–H groups in total. The number of rotatable bonds is 18. The van der Waals surface area contributed by atoms with Crippen LogP contribution in [0.5, 0.6) is 17.2 Å². The molecule has 3 aliphatic carbocycles. The highest BCUT2D eigenvalue weighted by Gasteiger charge is 2.36. The van der Waals surface area contributed by atoms with E-state index in [1.165, 1.54) is 81.3 Å². The van der Waals surface area contributed by atoms with E-state index in [4.69, 9.17) is 33.2 Å². The second kappa shape index (κ2) is 42.4. The van der Waals surface area contributed by atoms with Crippen molar-refractivity contribution >= 4 is 146 Å². The second-order valence-corrected chi connectivity index (χ2v) is 33.9. The monoisotopic (exact) mass is 1810 g/mol. The zero-order valence-corrected chi connectivity index (χ0v) is 72.9. The number of methoxy groups -OCH3 is 2. The second-order valence-electron chi connectivity index (χ2n) is 31.4. The van der Waals surface area contributed by atoms with E-state index in [-0.39, 0.29) is 96.1 Å². The number of carboxylic acids is 3. The Bertz CT molecular complexity index is 4930. The van der Waals surface area contributed by atoms with Gasteiger partial charge in [-0.3, -0.25) is 14.4 Å². The minimum atomic E-state index is -1.15. The number of carbonyl (C=O) groups is 10. The van der Waals surface area contributed by atoms with Gasteiger partial charge in [0, 0.05) is 46.7 Å². The van der Waals surface area contributed by atoms with Gasteiger partial charge in [0.2, 0.25) is 17.7 Å². The third kappa shape index (κ3) is 26.0. The number of hydrogen-bond acceptors (Lipinski definition) is 17. The summed E-state index contributed by atoms with van der Waals surface area (Å²) in [7, 11) is 2.60. The standard InChI is InChI=1S/C29H36BrNO6.C24H25NO6.C18H25NO4.C11H12BrFO2.C7H4BrFO2/c1-18(2)31(26(32)19-10-8-7-9-11-19)24-14-13-21(17-22(24)28(34)35-6)36-25-15-12-20(16-23(25)30)27(33)37-29(3,4)5;1-13(2)25(22(26)14-6-4-3-5-7-14)19-11-17-16-10-15(23(27)28)8-9-20(16)31-21(17)12-18(19)24(29)30;1-12(2)19(17(21)13-7-5-4-6-8-13)16-10-9-14(20)11-15(16)18(22)23-3;1-11(2,3)15-10(14)7-4-5-9(13)8(12)6-7;8-5-3-4(7(10)11)1-2-6(5)9/h12-19H,7-11H2,1-6H3;8-14H,3-7H2,1-2H3,(H,27,28)(H,29,30);9-13,20H,4-8H2,1-3H3;4-6H,1-3H3;1-3H,(H,10,11). The number of carboxylic acid groups (broad SMARTS) is 3. The molecule has 1 aromatic heterocycles. The SMILES string of the molecule is CC(C)(C)OC(=O)c1ccc(F)c(Br)c1.CC(C)N(C(=O)C1CCCCC1)c1cc2c(cc1C(=O)O)oc1ccc(C(=O)O)cc12.COC(=O)c1cc(O)ccc1N(C(=O)C1CCCCC1)C(C)C.COC(=O)c1cc(Oc2ccc(C(=O)OC(C)(C)C)cc2Br)ccc1N(C(=O)C1CCCCC1)C(C)C.O=C(O)c1ccc(F)c(Br)c1. The van der Waals surface area contributed by atoms with Crippen molar-refractivity contribution < 1.29 is 105 Å². The minimum Gasteiger partial charge on any atom is -0.508 e. The number of phenols is 1. The van der Waals surface area contributed by atoms with Crippen LogP contribution in [0.15, 0.2) is 139 Å². The number of esters is 4. The first-order valence-electron chi connectivity index (χ1n) is 38.7. The van der Waals surface area contributed by atoms with E-state index in [1.54, 1.807) is 90.1 Å². The van der Waals surface area contributed by atoms with E-state index in [1.807, 2.05) is 62.3 Å². The molecule has 0 unspecified atom stereocenters. The van der Waals surface area contributed by atoms with Crippen molar-refractivity contribution in [3.05, 3.63) is 185 Å². The molecule has 628 valence electrons. The summed E-state index contributed by atoms with van der Waals surface area (Å²) >= 11 is 9.34. The Hall–Kier alpha value is -10.1. The fourth-order valence-electron chi connectivity index (χ4n) is 13.7. The average molecular weight is 1810 g/mol. The summed E-state index contributed by atoms with van der Waals surface area (Å²) in [5.74, 6) is -5.45. The Morgan fingerprint density at radius 3 is 1.19 bits per heavy atom. The Kier molecular flexibility index (Phi) is 34.1. The van der Waals surface area contributed by atoms with Crippen LogP contribution in [-0.4, -0.2) is 123 Å². The van der Waals surface area contributed by atoms with Crippen molar-refractivity contribution in [3.63, 3.8) is 0 Å². The summed E-state index contributed by atoms with van der Waals surface area (Å²) in [5.41, 5.74) is 2.31. The van der Waals surface area contributed by atoms with Gasteiger partial charge in [0.25, 0.3) is 0 Å². The minimum absolute atomic E-state index is 0.00505. The van der Waals surface area contributed by atoms with Crippen molar-refractivity contribution in [2.75, 3.05) is 28.9 Å². The summed E-state index contributed by atoms with van der Waals surface area (Å²) in [6.45, 7) is 22.2. The lowest BCUT2D eigenvalue weighted by molar-refractivity contribution is -0.124. The molecule has 7 aromatic carbocycles. The highest BCUT2D eigenvalue weighted by molar-refractivity contribution is 9.11. The summed E-state index contributed by atoms with van der Waals surface area (Å²) in [5, 5.41) is 38.5. The van der Waals surface area contributed by atoms with Crippen molar-refractivity contribution in [2.24, 2.45) is 17.8 Å². The largest absolute Gasteiger partial charge is 0.508 e. The van der Waals surface area contributed by atoms with Crippen LogP contribution in [0.25, 0.3) is 21.9 Å². The molecule has 23 nitrogen and oxygen atoms in total. The van der Waals surface area contributed by atoms with Crippen LogP contribution in [0.2, 0.25) is 0 Å². The number of furan rings is 1. The maximum atomic E-state index is 13.5. The Morgan fingerprint density at radius 1 is 0.410 bits per heavy atom. The van der Waals surface area contributed by atoms with Crippen LogP contribution in [0, 0.1) is 29.4 Å². The van der Waals surface area contributed by atoms with Gasteiger partial charge in [0.05, 0.1) is 83.6 Å². The first kappa shape index (κ1) is 94.1. The predicted molar refractivity (Wildman–Crippen MR) is 452 cm³/mol. The van der Waals surface area contributed by atoms with Crippen molar-refractivity contribution in [1.29, 1.82) is 0 Å². The summed E-state index contributed by atoms with van der Waals surface area (Å²) in [6.07, 6.45) is 14.8. The van der Waals surface area contributed by atoms with Gasteiger partial charge in [0.1, 0.15) is 51.3 Å². The van der Waals surface area contributed by atoms with Gasteiger partial charge in [-0.25, -0.2) is 42.3 Å². The fourth-order valence-corrected chi connectivity index (χ4v) is 15.0. The molecule has 11 rings (SSSR count). The number of nitrogens with zero attached hydrogens (tertiary/aromatic N) is 3. The molecule has 117 heavy (non-hydrogen) atoms. The zero-order valence-electron chi connectivity index (χ0n) is 68.2. The van der Waals surface area contributed by atoms with Gasteiger partial charge in [-0.05, 0) is 291 Å². The van der Waals surface area contributed by atoms with Gasteiger partial charge >= 0.3 is 41.8 Å². The zero-order chi connectivity index (χ0) is 86.7. The van der Waals surface area contributed by atoms with Crippen LogP contribution in [0.1, 0.15) is 252 Å². The van der Waals surface area contributed by atoms with Crippen molar-refractivity contribution in [2.45, 2.75) is 209 Å². The molecule has 0 spiro atoms. The molecule has 8 aromatic rings. The Balaban J connectivity index is 0.000000214. The molecular weight excluding hydrogens is 1710 g/mol. The number of halogens is 5. The number of ether oxygens (including phenoxy) is 5. The van der Waals surface area contributed by atoms with E-state index in [0.717, 1.165) is 96.0 Å². The number of hydrogen-bond donors (Lipinski definition) is 4. The smallest absolute Gasteiger partial charge is 0.340 e. The number of amides is 3. The average Bonchev–Trinajstić information content (AvgIpc) is 1.65. The van der Waals surface area contributed by atoms with Crippen molar-refractivity contribution in [3.8, 4) is 17.2 Å². The van der Waals surface area contributed by atoms with Crippen LogP contribution < -0.4 is 19.4 Å². The number of phenolic OH excluding ortho intramolecular Hbond substituents is 1. The van der Waals surface area contributed by atoms with Crippen LogP contribution >= 0.6 is 47.8 Å². The van der Waals surface area contributed by atoms with Crippen LogP contribution in [0.3, 0.4) is 0 Å². The number of benzene rings is 7. The molecule has 3 saturated carbocycles. The number of carbonyl (C=O) groups excluding carboxylic acids is 7. The maximum Gasteiger partial charge on any atom is 0.340 e. The number of fused-ring (bicyclic) bond motifs is 3. The molecule has 0 bridgehead atoms. The van der Waals surface area contributed by atoms with Gasteiger partial charge in [0.15, 0.2) is 0 Å². The van der Waals surface area contributed by atoms with Crippen LogP contribution in [-0.2, 0) is 33.3 Å². The van der Waals surface area contributed by atoms with Gasteiger partial charge in [-0.1, -0.05) is 57.8 Å². The molecule has 0 atom stereocenters. The first-order valence-corrected chi connectivity index (χ1v) is 41.1. The van der Waals surface area contributed by atoms with E-state index in [0.29, 0.717) is 66.1 Å². The molecule has 0 aliphatic heterocycles. The number of aromatic hydroxyl groups is 1. The van der Waals surface area contributed by atoms with Gasteiger partial charge in [-0.15, -0.1) is 0 Å². The lowest BCUT2D eigenvalue weighted by Crippen LogP contribution is -2.42. The quantitative estimate of drug-likeness (QED) is 0.0458. The Morgan fingerprint density at radius 2 is 0.786 bits per heavy atom. The normalized spacial score (nSPS) is 13.9. The molecule has 3 amide bonds. The number of anilines is 3. The molecular formula is C89H102Br3F2N3O20. The molecule has 0 saturated heterocycles. The summed E-state index contributed by atoms with van der Waals surface area (Å²) in [4.78, 5) is 127. The Labute approximate surface area is 705 Å². The molecule has 3 fully saturated rings. The van der Waals surface area contributed by atoms with Gasteiger partial charge in [-0.2, -0.15) is 0 Å². The highest BCUT2D eigenvalue weighted by Crippen LogP contribution is 2.41. The molecule has 28 heteroatoms. The van der Waals surface area contributed by atoms with E-state index in [2.05, 4.69) is 47.8 Å². The molecule has 1 heterocycles. The topological polar surface area (TPSA) is 321 Å². The van der Waals surface area contributed by atoms with E-state index in [9.17, 15) is 72.0 Å². The lowest BCUT2D eigenvalue weighted by Gasteiger charge is -2.33. The maximum absolute atomic E-state index is 13.5. The summed E-state index contributed by atoms with van der Waals surface area (Å²) in [6, 6.07) is 29.1. The molecule has 3 aliphatic rings. The third-order valence-electron chi connectivity index (χ3n) is 19.2. The number of aromatic carboxylic acids is 3. The highest BCUT2D eigenvalue weighted by atomic mass is 79.9. The fraction of sp³-hybridized carbons (Fsp3) is 0.416. The molecule has 0 radical (unpaired) electrons. The van der Waals surface area contributed by atoms with Gasteiger partial charge < -0.3 is 63.2 Å². The predicted octanol–water partition coefficient (Wildman–Crippen LogP) is 21.9. The third-order valence-corrected chi connectivity index (χ3v) is 21.1. The van der Waals surface area contributed by atoms with E-state index < -0.39 is 64.6 Å².